The number of rotatable bonds is 8. The Morgan fingerprint density at radius 3 is 2.53 bits per heavy atom. The first-order chi connectivity index (χ1) is 18.2. The highest BCUT2D eigenvalue weighted by Gasteiger charge is 2.24. The largest absolute Gasteiger partial charge is 0.349 e. The van der Waals surface area contributed by atoms with Crippen molar-refractivity contribution in [1.82, 2.24) is 19.6 Å². The molecule has 0 aliphatic heterocycles. The Balaban J connectivity index is 0.00000161. The van der Waals surface area contributed by atoms with Gasteiger partial charge < -0.3 is 10.2 Å². The first-order valence-electron chi connectivity index (χ1n) is 11.8. The van der Waals surface area contributed by atoms with E-state index in [1.165, 1.54) is 48.5 Å². The molecule has 0 amide bonds. The SMILES string of the molecule is C#CC.C/C=c1/nc(C(CC)N(C)c2cc(NC=NC)ncn2)n(Nc2ccc(F)cc2)c(=O)/c1=C(/C)F. The van der Waals surface area contributed by atoms with Crippen molar-refractivity contribution in [3.8, 4) is 12.3 Å². The van der Waals surface area contributed by atoms with Crippen LogP contribution in [0.2, 0.25) is 0 Å². The molecule has 0 aliphatic carbocycles. The molecular formula is C27H32F2N8O. The van der Waals surface area contributed by atoms with Gasteiger partial charge in [-0.2, -0.15) is 0 Å². The molecule has 3 rings (SSSR count). The maximum Gasteiger partial charge on any atom is 0.282 e. The van der Waals surface area contributed by atoms with Gasteiger partial charge in [0.15, 0.2) is 5.82 Å². The highest BCUT2D eigenvalue weighted by atomic mass is 19.1. The van der Waals surface area contributed by atoms with E-state index < -0.39 is 23.2 Å². The molecule has 11 heteroatoms. The number of hydrogen-bond acceptors (Lipinski definition) is 7. The molecule has 38 heavy (non-hydrogen) atoms. The number of aromatic nitrogens is 4. The van der Waals surface area contributed by atoms with Crippen LogP contribution in [0.3, 0.4) is 0 Å². The number of benzene rings is 1. The fraction of sp³-hybridized carbons (Fsp3) is 0.296. The van der Waals surface area contributed by atoms with Crippen LogP contribution in [0.4, 0.5) is 26.1 Å². The minimum absolute atomic E-state index is 0.143. The van der Waals surface area contributed by atoms with Gasteiger partial charge >= 0.3 is 0 Å². The van der Waals surface area contributed by atoms with E-state index in [9.17, 15) is 13.6 Å². The van der Waals surface area contributed by atoms with Crippen LogP contribution < -0.4 is 31.8 Å². The molecule has 1 atom stereocenters. The van der Waals surface area contributed by atoms with E-state index in [1.807, 2.05) is 18.9 Å². The highest BCUT2D eigenvalue weighted by molar-refractivity contribution is 5.74. The fourth-order valence-corrected chi connectivity index (χ4v) is 3.61. The molecule has 2 aromatic heterocycles. The Morgan fingerprint density at radius 2 is 1.97 bits per heavy atom. The number of aliphatic imine (C=N–C) groups is 1. The van der Waals surface area contributed by atoms with Gasteiger partial charge in [0.2, 0.25) is 0 Å². The van der Waals surface area contributed by atoms with Crippen LogP contribution in [0.1, 0.15) is 46.0 Å². The number of hydrogen-bond donors (Lipinski definition) is 2. The molecule has 0 aliphatic rings. The van der Waals surface area contributed by atoms with Crippen molar-refractivity contribution in [2.45, 2.75) is 40.2 Å². The molecule has 0 saturated carbocycles. The summed E-state index contributed by atoms with van der Waals surface area (Å²) in [4.78, 5) is 32.4. The second-order valence-corrected chi connectivity index (χ2v) is 7.93. The van der Waals surface area contributed by atoms with Gasteiger partial charge in [0.05, 0.1) is 28.6 Å². The van der Waals surface area contributed by atoms with E-state index in [-0.39, 0.29) is 10.6 Å². The van der Waals surface area contributed by atoms with Gasteiger partial charge in [0.1, 0.15) is 29.6 Å². The van der Waals surface area contributed by atoms with Crippen molar-refractivity contribution >= 4 is 35.6 Å². The molecular weight excluding hydrogens is 490 g/mol. The molecule has 0 radical (unpaired) electrons. The Bertz CT molecular complexity index is 1470. The summed E-state index contributed by atoms with van der Waals surface area (Å²) in [5, 5.41) is 3.04. The highest BCUT2D eigenvalue weighted by Crippen LogP contribution is 2.26. The zero-order valence-electron chi connectivity index (χ0n) is 22.3. The Labute approximate surface area is 220 Å². The van der Waals surface area contributed by atoms with Crippen molar-refractivity contribution in [3.05, 3.63) is 69.2 Å². The molecule has 2 N–H and O–H groups in total. The number of terminal acetylenes is 1. The lowest BCUT2D eigenvalue weighted by molar-refractivity contribution is 0.561. The second-order valence-electron chi connectivity index (χ2n) is 7.93. The molecule has 0 bridgehead atoms. The van der Waals surface area contributed by atoms with Crippen LogP contribution in [0.15, 0.2) is 46.4 Å². The van der Waals surface area contributed by atoms with Crippen LogP contribution >= 0.6 is 0 Å². The first-order valence-corrected chi connectivity index (χ1v) is 11.8. The fourth-order valence-electron chi connectivity index (χ4n) is 3.61. The number of halogens is 2. The zero-order chi connectivity index (χ0) is 28.2. The minimum Gasteiger partial charge on any atom is -0.349 e. The molecule has 0 fully saturated rings. The summed E-state index contributed by atoms with van der Waals surface area (Å²) in [6.45, 7) is 6.50. The summed E-state index contributed by atoms with van der Waals surface area (Å²) >= 11 is 0. The van der Waals surface area contributed by atoms with Crippen LogP contribution in [0, 0.1) is 18.2 Å². The lowest BCUT2D eigenvalue weighted by Gasteiger charge is -2.29. The summed E-state index contributed by atoms with van der Waals surface area (Å²) in [6.07, 6.45) is 9.65. The van der Waals surface area contributed by atoms with Crippen LogP contribution in [0.25, 0.3) is 11.9 Å². The van der Waals surface area contributed by atoms with Gasteiger partial charge in [0, 0.05) is 20.2 Å². The van der Waals surface area contributed by atoms with Crippen LogP contribution in [0.5, 0.6) is 0 Å². The van der Waals surface area contributed by atoms with Gasteiger partial charge in [-0.25, -0.2) is 28.4 Å². The van der Waals surface area contributed by atoms with Gasteiger partial charge in [-0.05, 0) is 51.5 Å². The molecule has 0 saturated heterocycles. The average Bonchev–Trinajstić information content (AvgIpc) is 2.90. The van der Waals surface area contributed by atoms with E-state index in [2.05, 4.69) is 43.0 Å². The van der Waals surface area contributed by atoms with E-state index >= 15 is 0 Å². The van der Waals surface area contributed by atoms with Crippen LogP contribution in [-0.2, 0) is 0 Å². The smallest absolute Gasteiger partial charge is 0.282 e. The predicted molar refractivity (Wildman–Crippen MR) is 150 cm³/mol. The van der Waals surface area contributed by atoms with Gasteiger partial charge in [-0.15, -0.1) is 12.3 Å². The van der Waals surface area contributed by atoms with Crippen molar-refractivity contribution in [2.75, 3.05) is 29.7 Å². The third kappa shape index (κ3) is 7.22. The summed E-state index contributed by atoms with van der Waals surface area (Å²) in [6, 6.07) is 6.80. The molecule has 0 spiro atoms. The predicted octanol–water partition coefficient (Wildman–Crippen LogP) is 3.24. The van der Waals surface area contributed by atoms with E-state index in [4.69, 9.17) is 0 Å². The van der Waals surface area contributed by atoms with E-state index in [0.717, 1.165) is 0 Å². The molecule has 1 unspecified atom stereocenters. The standard InChI is InChI=1S/C24H28F2N8O.C3H4/c1-6-18-22(15(3)25)24(35)34(32-17-10-8-16(26)9-11-17)23(31-18)19(7-2)33(5)21-12-20(28-13-27-4)29-14-30-21;1-3-2/h6,8-14,19,32H,7H2,1-5H3,(H,27,28,29,30);1H,2H3/b18-6+,22-15-;. The number of anilines is 3. The molecule has 9 nitrogen and oxygen atoms in total. The average molecular weight is 523 g/mol. The quantitative estimate of drug-likeness (QED) is 0.266. The third-order valence-corrected chi connectivity index (χ3v) is 5.35. The topological polar surface area (TPSA) is 100 Å². The van der Waals surface area contributed by atoms with Gasteiger partial charge in [-0.1, -0.05) is 13.0 Å². The van der Waals surface area contributed by atoms with E-state index in [0.29, 0.717) is 29.6 Å². The monoisotopic (exact) mass is 522 g/mol. The second kappa shape index (κ2) is 14.2. The molecule has 200 valence electrons. The zero-order valence-corrected chi connectivity index (χ0v) is 22.3. The van der Waals surface area contributed by atoms with Crippen molar-refractivity contribution in [2.24, 2.45) is 4.99 Å². The summed E-state index contributed by atoms with van der Waals surface area (Å²) in [5.74, 6) is 2.63. The molecule has 3 aromatic rings. The minimum atomic E-state index is -0.651. The number of nitrogens with one attached hydrogen (secondary N) is 2. The molecule has 2 heterocycles. The lowest BCUT2D eigenvalue weighted by Crippen LogP contribution is -2.52. The summed E-state index contributed by atoms with van der Waals surface area (Å²) < 4.78 is 29.1. The first kappa shape index (κ1) is 29.6. The van der Waals surface area contributed by atoms with Gasteiger partial charge in [0.25, 0.3) is 5.56 Å². The van der Waals surface area contributed by atoms with Crippen molar-refractivity contribution < 1.29 is 8.78 Å². The van der Waals surface area contributed by atoms with Gasteiger partial charge in [-0.3, -0.25) is 15.2 Å². The Hall–Kier alpha value is -4.59. The maximum absolute atomic E-state index is 14.4. The Morgan fingerprint density at radius 1 is 1.32 bits per heavy atom. The maximum atomic E-state index is 14.4. The normalized spacial score (nSPS) is 12.8. The van der Waals surface area contributed by atoms with Crippen LogP contribution in [-0.4, -0.2) is 40.1 Å². The third-order valence-electron chi connectivity index (χ3n) is 5.35. The summed E-state index contributed by atoms with van der Waals surface area (Å²) in [7, 11) is 3.45. The van der Waals surface area contributed by atoms with Crippen molar-refractivity contribution in [3.63, 3.8) is 0 Å². The lowest BCUT2D eigenvalue weighted by atomic mass is 10.1. The van der Waals surface area contributed by atoms with E-state index in [1.54, 1.807) is 33.0 Å². The summed E-state index contributed by atoms with van der Waals surface area (Å²) in [5.41, 5.74) is 2.80. The molecule has 1 aromatic carbocycles. The van der Waals surface area contributed by atoms with Crippen molar-refractivity contribution in [1.29, 1.82) is 0 Å². The number of nitrogens with zero attached hydrogens (tertiary/aromatic N) is 6. The Kier molecular flexibility index (Phi) is 11.1.